The lowest BCUT2D eigenvalue weighted by Crippen LogP contribution is -2.22. The van der Waals surface area contributed by atoms with Gasteiger partial charge in [-0.3, -0.25) is 0 Å². The first-order chi connectivity index (χ1) is 10.0. The Kier molecular flexibility index (Phi) is 6.04. The first-order valence-electron chi connectivity index (χ1n) is 8.41. The third-order valence-electron chi connectivity index (χ3n) is 4.13. The van der Waals surface area contributed by atoms with E-state index in [1.54, 1.807) is 0 Å². The Morgan fingerprint density at radius 1 is 1.19 bits per heavy atom. The predicted molar refractivity (Wildman–Crippen MR) is 87.8 cm³/mol. The molecule has 1 N–H and O–H groups in total. The lowest BCUT2D eigenvalue weighted by Gasteiger charge is -2.15. The fraction of sp³-hybridized carbons (Fsp3) is 0.722. The van der Waals surface area contributed by atoms with Crippen LogP contribution in [-0.2, 0) is 6.54 Å². The largest absolute Gasteiger partial charge is 0.477 e. The lowest BCUT2D eigenvalue weighted by atomic mass is 10.1. The topological polar surface area (TPSA) is 34.1 Å². The molecule has 1 fully saturated rings. The van der Waals surface area contributed by atoms with Gasteiger partial charge in [-0.1, -0.05) is 40.5 Å². The molecular formula is C18H30N2O. The summed E-state index contributed by atoms with van der Waals surface area (Å²) >= 11 is 0. The molecule has 3 nitrogen and oxygen atoms in total. The highest BCUT2D eigenvalue weighted by Crippen LogP contribution is 2.26. The molecule has 1 saturated carbocycles. The van der Waals surface area contributed by atoms with Crippen molar-refractivity contribution >= 4 is 0 Å². The molecule has 1 aliphatic rings. The van der Waals surface area contributed by atoms with Crippen molar-refractivity contribution in [3.05, 3.63) is 23.4 Å². The van der Waals surface area contributed by atoms with Crippen molar-refractivity contribution in [2.24, 2.45) is 5.92 Å². The minimum absolute atomic E-state index is 0.429. The molecule has 0 unspecified atom stereocenters. The van der Waals surface area contributed by atoms with E-state index in [2.05, 4.69) is 50.1 Å². The smallest absolute Gasteiger partial charge is 0.213 e. The predicted octanol–water partition coefficient (Wildman–Crippen LogP) is 4.27. The molecule has 2 rings (SSSR count). The molecule has 118 valence electrons. The highest BCUT2D eigenvalue weighted by molar-refractivity contribution is 5.26. The van der Waals surface area contributed by atoms with Crippen molar-refractivity contribution in [3.63, 3.8) is 0 Å². The molecule has 21 heavy (non-hydrogen) atoms. The van der Waals surface area contributed by atoms with E-state index in [0.29, 0.717) is 12.0 Å². The summed E-state index contributed by atoms with van der Waals surface area (Å²) < 4.78 is 5.99. The third kappa shape index (κ3) is 5.31. The lowest BCUT2D eigenvalue weighted by molar-refractivity contribution is 0.242. The molecule has 0 amide bonds. The minimum Gasteiger partial charge on any atom is -0.477 e. The van der Waals surface area contributed by atoms with Gasteiger partial charge in [0.05, 0.1) is 6.61 Å². The van der Waals surface area contributed by atoms with Crippen LogP contribution in [0.25, 0.3) is 0 Å². The van der Waals surface area contributed by atoms with Crippen LogP contribution < -0.4 is 10.1 Å². The molecule has 3 heteroatoms. The molecule has 1 heterocycles. The Bertz CT molecular complexity index is 437. The maximum Gasteiger partial charge on any atom is 0.213 e. The van der Waals surface area contributed by atoms with Crippen LogP contribution in [0.15, 0.2) is 12.1 Å². The van der Waals surface area contributed by atoms with E-state index < -0.39 is 0 Å². The molecule has 0 saturated heterocycles. The van der Waals surface area contributed by atoms with Gasteiger partial charge in [0, 0.05) is 24.3 Å². The zero-order valence-corrected chi connectivity index (χ0v) is 14.0. The molecule has 0 atom stereocenters. The van der Waals surface area contributed by atoms with Crippen LogP contribution in [0.4, 0.5) is 0 Å². The van der Waals surface area contributed by atoms with E-state index in [1.165, 1.54) is 31.2 Å². The molecule has 0 radical (unpaired) electrons. The average Bonchev–Trinajstić information content (AvgIpc) is 2.96. The molecular weight excluding hydrogens is 260 g/mol. The van der Waals surface area contributed by atoms with Crippen LogP contribution in [0.1, 0.15) is 70.6 Å². The van der Waals surface area contributed by atoms with Gasteiger partial charge in [-0.05, 0) is 36.3 Å². The fourth-order valence-electron chi connectivity index (χ4n) is 2.76. The van der Waals surface area contributed by atoms with Crippen LogP contribution in [0.3, 0.4) is 0 Å². The Hall–Kier alpha value is -1.09. The zero-order valence-electron chi connectivity index (χ0n) is 14.0. The normalized spacial score (nSPS) is 16.1. The summed E-state index contributed by atoms with van der Waals surface area (Å²) in [4.78, 5) is 4.67. The van der Waals surface area contributed by atoms with Gasteiger partial charge < -0.3 is 10.1 Å². The Labute approximate surface area is 129 Å². The number of aromatic nitrogens is 1. The summed E-state index contributed by atoms with van der Waals surface area (Å²) in [6.45, 7) is 10.4. The van der Waals surface area contributed by atoms with Crippen molar-refractivity contribution in [1.82, 2.24) is 10.3 Å². The molecule has 0 bridgehead atoms. The average molecular weight is 290 g/mol. The van der Waals surface area contributed by atoms with E-state index in [-0.39, 0.29) is 0 Å². The first-order valence-corrected chi connectivity index (χ1v) is 8.41. The van der Waals surface area contributed by atoms with Crippen LogP contribution >= 0.6 is 0 Å². The molecule has 0 spiro atoms. The fourth-order valence-corrected chi connectivity index (χ4v) is 2.76. The summed E-state index contributed by atoms with van der Waals surface area (Å²) in [5.41, 5.74) is 2.39. The summed E-state index contributed by atoms with van der Waals surface area (Å²) in [5.74, 6) is 1.96. The Morgan fingerprint density at radius 3 is 2.52 bits per heavy atom. The minimum atomic E-state index is 0.429. The number of ether oxygens (including phenoxy) is 1. The molecule has 1 aliphatic carbocycles. The zero-order chi connectivity index (χ0) is 15.2. The van der Waals surface area contributed by atoms with Crippen molar-refractivity contribution in [2.75, 3.05) is 6.61 Å². The van der Waals surface area contributed by atoms with Crippen LogP contribution in [0.5, 0.6) is 5.88 Å². The van der Waals surface area contributed by atoms with Gasteiger partial charge in [-0.15, -0.1) is 0 Å². The van der Waals surface area contributed by atoms with E-state index in [0.717, 1.165) is 30.6 Å². The van der Waals surface area contributed by atoms with Gasteiger partial charge in [0.15, 0.2) is 0 Å². The highest BCUT2D eigenvalue weighted by atomic mass is 16.5. The van der Waals surface area contributed by atoms with Gasteiger partial charge in [0.1, 0.15) is 0 Å². The van der Waals surface area contributed by atoms with Gasteiger partial charge in [0.2, 0.25) is 5.88 Å². The number of nitrogens with zero attached hydrogens (tertiary/aromatic N) is 1. The van der Waals surface area contributed by atoms with E-state index in [1.807, 2.05) is 0 Å². The number of nitrogens with one attached hydrogen (secondary N) is 1. The van der Waals surface area contributed by atoms with Crippen LogP contribution in [-0.4, -0.2) is 17.6 Å². The Morgan fingerprint density at radius 2 is 1.90 bits per heavy atom. The van der Waals surface area contributed by atoms with Gasteiger partial charge in [-0.25, -0.2) is 4.98 Å². The van der Waals surface area contributed by atoms with Crippen molar-refractivity contribution < 1.29 is 4.74 Å². The van der Waals surface area contributed by atoms with Crippen molar-refractivity contribution in [3.8, 4) is 5.88 Å². The number of hydrogen-bond donors (Lipinski definition) is 1. The molecule has 0 aliphatic heterocycles. The van der Waals surface area contributed by atoms with Gasteiger partial charge in [0.25, 0.3) is 0 Å². The quantitative estimate of drug-likeness (QED) is 0.814. The molecule has 1 aromatic rings. The Balaban J connectivity index is 2.03. The van der Waals surface area contributed by atoms with Gasteiger partial charge >= 0.3 is 0 Å². The van der Waals surface area contributed by atoms with E-state index in [4.69, 9.17) is 4.74 Å². The second-order valence-corrected chi connectivity index (χ2v) is 6.89. The number of rotatable bonds is 7. The second kappa shape index (κ2) is 7.79. The summed E-state index contributed by atoms with van der Waals surface area (Å²) in [5, 5.41) is 3.47. The summed E-state index contributed by atoms with van der Waals surface area (Å²) in [6.07, 6.45) is 5.34. The van der Waals surface area contributed by atoms with Gasteiger partial charge in [-0.2, -0.15) is 0 Å². The number of pyridine rings is 1. The van der Waals surface area contributed by atoms with Crippen molar-refractivity contribution in [1.29, 1.82) is 0 Å². The van der Waals surface area contributed by atoms with E-state index in [9.17, 15) is 0 Å². The summed E-state index contributed by atoms with van der Waals surface area (Å²) in [6, 6.07) is 4.78. The van der Waals surface area contributed by atoms with Crippen molar-refractivity contribution in [2.45, 2.75) is 71.9 Å². The standard InChI is InChI=1S/C18H30N2O/c1-13(2)17-9-16(11-19-14(3)4)10-18(20-17)21-12-15-7-5-6-8-15/h9-10,13-15,19H,5-8,11-12H2,1-4H3. The highest BCUT2D eigenvalue weighted by Gasteiger charge is 2.16. The van der Waals surface area contributed by atoms with Crippen LogP contribution in [0.2, 0.25) is 0 Å². The third-order valence-corrected chi connectivity index (χ3v) is 4.13. The molecule has 1 aromatic heterocycles. The first kappa shape index (κ1) is 16.3. The number of hydrogen-bond acceptors (Lipinski definition) is 3. The van der Waals surface area contributed by atoms with Crippen LogP contribution in [0, 0.1) is 5.92 Å². The second-order valence-electron chi connectivity index (χ2n) is 6.89. The monoisotopic (exact) mass is 290 g/mol. The maximum absolute atomic E-state index is 5.99. The SMILES string of the molecule is CC(C)NCc1cc(OCC2CCCC2)nc(C(C)C)c1. The molecule has 0 aromatic carbocycles. The summed E-state index contributed by atoms with van der Waals surface area (Å²) in [7, 11) is 0. The van der Waals surface area contributed by atoms with E-state index >= 15 is 0 Å². The maximum atomic E-state index is 5.99.